The summed E-state index contributed by atoms with van der Waals surface area (Å²) in [6.07, 6.45) is 8.47. The molecular weight excluding hydrogens is 404 g/mol. The molecule has 2 aliphatic rings. The molecule has 1 saturated heterocycles. The Morgan fingerprint density at radius 2 is 1.72 bits per heavy atom. The Labute approximate surface area is 185 Å². The Kier molecular flexibility index (Phi) is 4.55. The van der Waals surface area contributed by atoms with E-state index in [1.165, 1.54) is 18.5 Å². The summed E-state index contributed by atoms with van der Waals surface area (Å²) in [5, 5.41) is 11.6. The highest BCUT2D eigenvalue weighted by atomic mass is 16.1. The fourth-order valence-corrected chi connectivity index (χ4v) is 5.12. The summed E-state index contributed by atoms with van der Waals surface area (Å²) in [4.78, 5) is 25.1. The predicted octanol–water partition coefficient (Wildman–Crippen LogP) is 3.60. The Hall–Kier alpha value is -3.49. The van der Waals surface area contributed by atoms with E-state index in [-0.39, 0.29) is 11.6 Å². The lowest BCUT2D eigenvalue weighted by Crippen LogP contribution is -2.27. The number of nitrogens with one attached hydrogen (secondary N) is 1. The van der Waals surface area contributed by atoms with Crippen LogP contribution in [0.1, 0.15) is 50.4 Å². The molecule has 1 saturated carbocycles. The molecule has 0 amide bonds. The van der Waals surface area contributed by atoms with Crippen molar-refractivity contribution < 1.29 is 0 Å². The van der Waals surface area contributed by atoms with Gasteiger partial charge in [0.05, 0.1) is 6.20 Å². The van der Waals surface area contributed by atoms with E-state index in [0.717, 1.165) is 50.0 Å². The van der Waals surface area contributed by atoms with E-state index in [2.05, 4.69) is 49.7 Å². The number of rotatable bonds is 4. The van der Waals surface area contributed by atoms with Gasteiger partial charge in [-0.3, -0.25) is 13.8 Å². The molecule has 0 unspecified atom stereocenters. The molecule has 2 fully saturated rings. The first-order valence-electron chi connectivity index (χ1n) is 11.4. The van der Waals surface area contributed by atoms with Crippen LogP contribution in [0.3, 0.4) is 0 Å². The highest BCUT2D eigenvalue weighted by Gasteiger charge is 2.25. The van der Waals surface area contributed by atoms with Crippen LogP contribution in [0.25, 0.3) is 16.8 Å². The molecular formula is C23H26N8O. The molecule has 1 aliphatic heterocycles. The van der Waals surface area contributed by atoms with E-state index in [1.807, 2.05) is 11.5 Å². The molecule has 164 valence electrons. The van der Waals surface area contributed by atoms with Gasteiger partial charge < -0.3 is 10.2 Å². The smallest absolute Gasteiger partial charge is 0.298 e. The third-order valence-corrected chi connectivity index (χ3v) is 6.74. The van der Waals surface area contributed by atoms with Crippen LogP contribution < -0.4 is 15.8 Å². The van der Waals surface area contributed by atoms with Crippen molar-refractivity contribution in [3.8, 4) is 0 Å². The average Bonchev–Trinajstić information content (AvgIpc) is 3.57. The minimum atomic E-state index is -0.135. The minimum Gasteiger partial charge on any atom is -0.372 e. The minimum absolute atomic E-state index is 0.134. The summed E-state index contributed by atoms with van der Waals surface area (Å²) in [6.45, 7) is 4.08. The van der Waals surface area contributed by atoms with E-state index < -0.39 is 0 Å². The maximum Gasteiger partial charge on any atom is 0.298 e. The monoisotopic (exact) mass is 430 g/mol. The van der Waals surface area contributed by atoms with Crippen LogP contribution in [0.5, 0.6) is 0 Å². The van der Waals surface area contributed by atoms with Gasteiger partial charge in [-0.15, -0.1) is 10.2 Å². The van der Waals surface area contributed by atoms with Crippen LogP contribution in [0, 0.1) is 6.92 Å². The molecule has 1 aromatic carbocycles. The van der Waals surface area contributed by atoms with Gasteiger partial charge in [0, 0.05) is 30.5 Å². The molecule has 9 nitrogen and oxygen atoms in total. The lowest BCUT2D eigenvalue weighted by atomic mass is 10.2. The third-order valence-electron chi connectivity index (χ3n) is 6.74. The van der Waals surface area contributed by atoms with E-state index >= 15 is 0 Å². The number of fused-ring (bicyclic) bond motifs is 3. The van der Waals surface area contributed by atoms with Crippen LogP contribution in [0.2, 0.25) is 0 Å². The quantitative estimate of drug-likeness (QED) is 0.529. The maximum absolute atomic E-state index is 13.3. The highest BCUT2D eigenvalue weighted by Crippen LogP contribution is 2.31. The SMILES string of the molecule is Cc1nnc2c(=O)n(C3CCCC3)c3nc(Nc4ccc(N5CCCC5)cc4)ncc3n12. The van der Waals surface area contributed by atoms with Crippen molar-refractivity contribution in [2.45, 2.75) is 51.5 Å². The lowest BCUT2D eigenvalue weighted by Gasteiger charge is -2.18. The molecule has 3 aromatic heterocycles. The summed E-state index contributed by atoms with van der Waals surface area (Å²) >= 11 is 0. The fraction of sp³-hybridized carbons (Fsp3) is 0.435. The number of hydrogen-bond acceptors (Lipinski definition) is 7. The maximum atomic E-state index is 13.3. The van der Waals surface area contributed by atoms with Crippen molar-refractivity contribution in [1.29, 1.82) is 0 Å². The number of nitrogens with zero attached hydrogens (tertiary/aromatic N) is 7. The second-order valence-electron chi connectivity index (χ2n) is 8.79. The van der Waals surface area contributed by atoms with Gasteiger partial charge in [-0.25, -0.2) is 4.98 Å². The number of aromatic nitrogens is 6. The molecule has 0 spiro atoms. The van der Waals surface area contributed by atoms with Gasteiger partial charge in [0.15, 0.2) is 5.65 Å². The Morgan fingerprint density at radius 1 is 0.969 bits per heavy atom. The molecule has 0 atom stereocenters. The Morgan fingerprint density at radius 3 is 2.47 bits per heavy atom. The van der Waals surface area contributed by atoms with Gasteiger partial charge >= 0.3 is 0 Å². The third kappa shape index (κ3) is 3.11. The summed E-state index contributed by atoms with van der Waals surface area (Å²) in [5.74, 6) is 1.13. The topological polar surface area (TPSA) is 93.2 Å². The van der Waals surface area contributed by atoms with Crippen LogP contribution >= 0.6 is 0 Å². The van der Waals surface area contributed by atoms with Gasteiger partial charge in [-0.2, -0.15) is 4.98 Å². The molecule has 1 N–H and O–H groups in total. The first kappa shape index (κ1) is 19.2. The summed E-state index contributed by atoms with van der Waals surface area (Å²) in [6, 6.07) is 8.51. The second-order valence-corrected chi connectivity index (χ2v) is 8.79. The van der Waals surface area contributed by atoms with E-state index in [1.54, 1.807) is 10.6 Å². The van der Waals surface area contributed by atoms with Crippen molar-refractivity contribution in [3.05, 3.63) is 46.6 Å². The van der Waals surface area contributed by atoms with Crippen molar-refractivity contribution in [2.24, 2.45) is 0 Å². The normalized spacial score (nSPS) is 17.1. The zero-order valence-electron chi connectivity index (χ0n) is 18.2. The zero-order valence-corrected chi connectivity index (χ0v) is 18.2. The molecule has 4 heterocycles. The standard InChI is InChI=1S/C23H26N8O/c1-15-27-28-21-22(32)31(18-6-2-3-7-18)20-19(30(15)21)14-24-23(26-20)25-16-8-10-17(11-9-16)29-12-4-5-13-29/h8-11,14,18H,2-7,12-13H2,1H3,(H,24,25,26). The Bertz CT molecular complexity index is 1340. The number of benzene rings is 1. The van der Waals surface area contributed by atoms with Crippen LogP contribution in [0.15, 0.2) is 35.3 Å². The highest BCUT2D eigenvalue weighted by molar-refractivity contribution is 5.75. The van der Waals surface area contributed by atoms with Crippen molar-refractivity contribution >= 4 is 34.1 Å². The largest absolute Gasteiger partial charge is 0.372 e. The van der Waals surface area contributed by atoms with Crippen LogP contribution in [0.4, 0.5) is 17.3 Å². The van der Waals surface area contributed by atoms with Crippen molar-refractivity contribution in [1.82, 2.24) is 29.1 Å². The molecule has 1 aliphatic carbocycles. The molecule has 4 aromatic rings. The fourth-order valence-electron chi connectivity index (χ4n) is 5.12. The first-order chi connectivity index (χ1) is 15.7. The summed E-state index contributed by atoms with van der Waals surface area (Å²) in [5.41, 5.74) is 3.75. The van der Waals surface area contributed by atoms with Gasteiger partial charge in [0.1, 0.15) is 11.3 Å². The van der Waals surface area contributed by atoms with Crippen LogP contribution in [-0.2, 0) is 0 Å². The second kappa shape index (κ2) is 7.58. The van der Waals surface area contributed by atoms with Crippen LogP contribution in [-0.4, -0.2) is 42.2 Å². The number of hydrogen-bond donors (Lipinski definition) is 1. The number of anilines is 3. The molecule has 6 rings (SSSR count). The number of aryl methyl sites for hydroxylation is 1. The first-order valence-corrected chi connectivity index (χ1v) is 11.4. The lowest BCUT2D eigenvalue weighted by molar-refractivity contribution is 0.515. The summed E-state index contributed by atoms with van der Waals surface area (Å²) in [7, 11) is 0. The van der Waals surface area contributed by atoms with E-state index in [9.17, 15) is 4.79 Å². The van der Waals surface area contributed by atoms with Crippen molar-refractivity contribution in [3.63, 3.8) is 0 Å². The zero-order chi connectivity index (χ0) is 21.7. The molecule has 32 heavy (non-hydrogen) atoms. The molecule has 9 heteroatoms. The van der Waals surface area contributed by atoms with E-state index in [0.29, 0.717) is 23.1 Å². The van der Waals surface area contributed by atoms with Gasteiger partial charge in [-0.05, 0) is 56.9 Å². The summed E-state index contributed by atoms with van der Waals surface area (Å²) < 4.78 is 3.58. The van der Waals surface area contributed by atoms with Crippen molar-refractivity contribution in [2.75, 3.05) is 23.3 Å². The van der Waals surface area contributed by atoms with Gasteiger partial charge in [0.2, 0.25) is 11.6 Å². The van der Waals surface area contributed by atoms with E-state index in [4.69, 9.17) is 4.98 Å². The van der Waals surface area contributed by atoms with Gasteiger partial charge in [0.25, 0.3) is 5.56 Å². The average molecular weight is 431 g/mol. The van der Waals surface area contributed by atoms with Gasteiger partial charge in [-0.1, -0.05) is 12.8 Å². The predicted molar refractivity (Wildman–Crippen MR) is 124 cm³/mol. The molecule has 0 radical (unpaired) electrons. The molecule has 0 bridgehead atoms. The Balaban J connectivity index is 1.42.